The molecule has 10 heteroatoms. The highest BCUT2D eigenvalue weighted by molar-refractivity contribution is 7.18. The molecule has 0 N–H and O–H groups in total. The molecule has 0 fully saturated rings. The molecule has 0 aromatic carbocycles. The average molecular weight is 442 g/mol. The van der Waals surface area contributed by atoms with Crippen molar-refractivity contribution in [2.24, 2.45) is 0 Å². The number of aromatic nitrogens is 6. The van der Waals surface area contributed by atoms with Gasteiger partial charge in [-0.1, -0.05) is 25.2 Å². The SMILES string of the molecule is Cc1nc2c(C(C)C)c(CC(=O)Cc3cnc(-n4nccn4)c(C(F)F)c3)cnc2s1. The Morgan fingerprint density at radius 1 is 1.13 bits per heavy atom. The molecule has 0 aliphatic rings. The zero-order valence-corrected chi connectivity index (χ0v) is 18.0. The van der Waals surface area contributed by atoms with E-state index in [2.05, 4.69) is 39.0 Å². The predicted octanol–water partition coefficient (Wildman–Crippen LogP) is 4.39. The molecule has 0 saturated heterocycles. The lowest BCUT2D eigenvalue weighted by Crippen LogP contribution is -2.12. The van der Waals surface area contributed by atoms with E-state index < -0.39 is 6.43 Å². The minimum absolute atomic E-state index is 0.00873. The summed E-state index contributed by atoms with van der Waals surface area (Å²) in [5, 5.41) is 8.64. The van der Waals surface area contributed by atoms with Crippen LogP contribution in [0.5, 0.6) is 0 Å². The van der Waals surface area contributed by atoms with Gasteiger partial charge in [-0.15, -0.1) is 4.80 Å². The molecule has 4 aromatic rings. The van der Waals surface area contributed by atoms with Crippen molar-refractivity contribution in [1.29, 1.82) is 0 Å². The highest BCUT2D eigenvalue weighted by Gasteiger charge is 2.20. The Morgan fingerprint density at radius 2 is 1.87 bits per heavy atom. The Hall–Kier alpha value is -3.14. The summed E-state index contributed by atoms with van der Waals surface area (Å²) in [5.41, 5.74) is 2.76. The molecule has 0 bridgehead atoms. The summed E-state index contributed by atoms with van der Waals surface area (Å²) in [7, 11) is 0. The van der Waals surface area contributed by atoms with Crippen LogP contribution in [0, 0.1) is 6.92 Å². The monoisotopic (exact) mass is 442 g/mol. The van der Waals surface area contributed by atoms with Gasteiger partial charge in [0.1, 0.15) is 16.1 Å². The number of pyridine rings is 2. The van der Waals surface area contributed by atoms with Gasteiger partial charge < -0.3 is 0 Å². The van der Waals surface area contributed by atoms with Gasteiger partial charge in [0.2, 0.25) is 0 Å². The van der Waals surface area contributed by atoms with Crippen LogP contribution in [0.4, 0.5) is 8.78 Å². The van der Waals surface area contributed by atoms with Crippen molar-refractivity contribution in [3.05, 3.63) is 58.1 Å². The predicted molar refractivity (Wildman–Crippen MR) is 113 cm³/mol. The van der Waals surface area contributed by atoms with E-state index >= 15 is 0 Å². The Labute approximate surface area is 181 Å². The topological polar surface area (TPSA) is 86.5 Å². The quantitative estimate of drug-likeness (QED) is 0.422. The lowest BCUT2D eigenvalue weighted by atomic mass is 9.93. The van der Waals surface area contributed by atoms with Crippen molar-refractivity contribution in [1.82, 2.24) is 29.9 Å². The van der Waals surface area contributed by atoms with Crippen molar-refractivity contribution in [2.75, 3.05) is 0 Å². The number of alkyl halides is 2. The summed E-state index contributed by atoms with van der Waals surface area (Å²) in [6.45, 7) is 6.04. The molecule has 0 unspecified atom stereocenters. The van der Waals surface area contributed by atoms with Gasteiger partial charge in [0.05, 0.1) is 23.0 Å². The first-order chi connectivity index (χ1) is 14.8. The summed E-state index contributed by atoms with van der Waals surface area (Å²) >= 11 is 1.52. The minimum Gasteiger partial charge on any atom is -0.299 e. The molecular formula is C21H20F2N6OS. The van der Waals surface area contributed by atoms with Crippen molar-refractivity contribution >= 4 is 27.5 Å². The molecule has 4 aromatic heterocycles. The smallest absolute Gasteiger partial charge is 0.267 e. The van der Waals surface area contributed by atoms with Gasteiger partial charge in [0, 0.05) is 25.2 Å². The summed E-state index contributed by atoms with van der Waals surface area (Å²) in [6.07, 6.45) is 3.28. The van der Waals surface area contributed by atoms with Gasteiger partial charge in [-0.05, 0) is 35.6 Å². The average Bonchev–Trinajstić information content (AvgIpc) is 3.36. The molecule has 160 valence electrons. The van der Waals surface area contributed by atoms with E-state index in [1.165, 1.54) is 36.0 Å². The van der Waals surface area contributed by atoms with E-state index in [1.54, 1.807) is 6.20 Å². The maximum atomic E-state index is 13.6. The number of hydrogen-bond acceptors (Lipinski definition) is 7. The number of fused-ring (bicyclic) bond motifs is 1. The number of carbonyl (C=O) groups excluding carboxylic acids is 1. The molecular weight excluding hydrogens is 422 g/mol. The molecule has 0 amide bonds. The number of nitrogens with zero attached hydrogens (tertiary/aromatic N) is 6. The first-order valence-electron chi connectivity index (χ1n) is 9.73. The third-order valence-corrected chi connectivity index (χ3v) is 5.70. The van der Waals surface area contributed by atoms with Crippen LogP contribution in [0.25, 0.3) is 16.2 Å². The molecule has 0 aliphatic carbocycles. The van der Waals surface area contributed by atoms with E-state index in [4.69, 9.17) is 0 Å². The number of carbonyl (C=O) groups is 1. The minimum atomic E-state index is -2.77. The molecule has 0 spiro atoms. The highest BCUT2D eigenvalue weighted by atomic mass is 32.1. The molecule has 0 radical (unpaired) electrons. The van der Waals surface area contributed by atoms with Crippen LogP contribution >= 0.6 is 11.3 Å². The fraction of sp³-hybridized carbons (Fsp3) is 0.333. The molecule has 7 nitrogen and oxygen atoms in total. The van der Waals surface area contributed by atoms with Gasteiger partial charge in [-0.2, -0.15) is 10.2 Å². The summed E-state index contributed by atoms with van der Waals surface area (Å²) < 4.78 is 27.1. The molecule has 4 heterocycles. The van der Waals surface area contributed by atoms with E-state index in [-0.39, 0.29) is 35.9 Å². The van der Waals surface area contributed by atoms with Crippen molar-refractivity contribution in [3.8, 4) is 5.82 Å². The number of halogens is 2. The van der Waals surface area contributed by atoms with Gasteiger partial charge >= 0.3 is 0 Å². The van der Waals surface area contributed by atoms with Crippen LogP contribution in [0.15, 0.2) is 30.9 Å². The number of aryl methyl sites for hydroxylation is 1. The van der Waals surface area contributed by atoms with Crippen LogP contribution < -0.4 is 0 Å². The summed E-state index contributed by atoms with van der Waals surface area (Å²) in [5.74, 6) is 0.0107. The van der Waals surface area contributed by atoms with E-state index in [0.717, 1.165) is 31.3 Å². The van der Waals surface area contributed by atoms with Crippen LogP contribution in [-0.4, -0.2) is 35.7 Å². The molecule has 0 atom stereocenters. The van der Waals surface area contributed by atoms with E-state index in [1.807, 2.05) is 6.92 Å². The van der Waals surface area contributed by atoms with Crippen LogP contribution in [0.3, 0.4) is 0 Å². The fourth-order valence-corrected chi connectivity index (χ4v) is 4.37. The largest absolute Gasteiger partial charge is 0.299 e. The standard InChI is InChI=1S/C21H20F2N6OS/c1-11(2)17-14(10-25-21-18(17)28-12(3)31-21)8-15(30)6-13-7-16(19(22)23)20(24-9-13)29-26-4-5-27-29/h4-5,7,9-11,19H,6,8H2,1-3H3. The normalized spacial score (nSPS) is 11.7. The van der Waals surface area contributed by atoms with Crippen molar-refractivity contribution < 1.29 is 13.6 Å². The number of hydrogen-bond donors (Lipinski definition) is 0. The second kappa shape index (κ2) is 8.54. The third-order valence-electron chi connectivity index (χ3n) is 4.82. The Bertz CT molecular complexity index is 1240. The van der Waals surface area contributed by atoms with Crippen molar-refractivity contribution in [3.63, 3.8) is 0 Å². The molecule has 31 heavy (non-hydrogen) atoms. The maximum Gasteiger partial charge on any atom is 0.267 e. The Morgan fingerprint density at radius 3 is 2.55 bits per heavy atom. The second-order valence-electron chi connectivity index (χ2n) is 7.51. The van der Waals surface area contributed by atoms with Gasteiger partial charge in [-0.3, -0.25) is 4.79 Å². The summed E-state index contributed by atoms with van der Waals surface area (Å²) in [6, 6.07) is 1.29. The first-order valence-corrected chi connectivity index (χ1v) is 10.6. The van der Waals surface area contributed by atoms with Gasteiger partial charge in [-0.25, -0.2) is 23.7 Å². The van der Waals surface area contributed by atoms with Crippen molar-refractivity contribution in [2.45, 2.75) is 46.0 Å². The zero-order valence-electron chi connectivity index (χ0n) is 17.2. The maximum absolute atomic E-state index is 13.6. The Balaban J connectivity index is 1.59. The lowest BCUT2D eigenvalue weighted by molar-refractivity contribution is -0.117. The van der Waals surface area contributed by atoms with Crippen LogP contribution in [-0.2, 0) is 17.6 Å². The summed E-state index contributed by atoms with van der Waals surface area (Å²) in [4.78, 5) is 27.8. The van der Waals surface area contributed by atoms with Gasteiger partial charge in [0.15, 0.2) is 5.82 Å². The molecule has 4 rings (SSSR count). The lowest BCUT2D eigenvalue weighted by Gasteiger charge is -2.13. The number of rotatable bonds is 7. The first kappa shape index (κ1) is 21.1. The van der Waals surface area contributed by atoms with Crippen LogP contribution in [0.1, 0.15) is 53.5 Å². The second-order valence-corrected chi connectivity index (χ2v) is 8.69. The highest BCUT2D eigenvalue weighted by Crippen LogP contribution is 2.31. The molecule has 0 saturated carbocycles. The Kier molecular flexibility index (Phi) is 5.81. The van der Waals surface area contributed by atoms with Gasteiger partial charge in [0.25, 0.3) is 6.43 Å². The fourth-order valence-electron chi connectivity index (χ4n) is 3.59. The third kappa shape index (κ3) is 4.34. The zero-order chi connectivity index (χ0) is 22.1. The number of thiazole rings is 1. The van der Waals surface area contributed by atoms with E-state index in [0.29, 0.717) is 5.56 Å². The van der Waals surface area contributed by atoms with E-state index in [9.17, 15) is 13.6 Å². The van der Waals surface area contributed by atoms with Crippen LogP contribution in [0.2, 0.25) is 0 Å². The molecule has 0 aliphatic heterocycles. The number of ketones is 1. The number of Topliss-reactive ketones (excluding diaryl/α,β-unsaturated/α-hetero) is 1.